The Hall–Kier alpha value is -1.82. The Balaban J connectivity index is 1.31. The van der Waals surface area contributed by atoms with E-state index in [9.17, 15) is 9.59 Å². The maximum Gasteiger partial charge on any atom is 0.336 e. The van der Waals surface area contributed by atoms with Crippen LogP contribution in [0.25, 0.3) is 11.0 Å². The number of carbonyl (C=O) groups excluding carboxylic acids is 1. The molecule has 2 unspecified atom stereocenters. The number of benzene rings is 1. The van der Waals surface area contributed by atoms with E-state index in [1.54, 1.807) is 19.2 Å². The van der Waals surface area contributed by atoms with Crippen LogP contribution < -0.4 is 10.4 Å². The predicted octanol–water partition coefficient (Wildman–Crippen LogP) is 4.97. The van der Waals surface area contributed by atoms with Gasteiger partial charge in [-0.05, 0) is 67.9 Å². The van der Waals surface area contributed by atoms with E-state index in [4.69, 9.17) is 13.9 Å². The van der Waals surface area contributed by atoms with Crippen LogP contribution in [0.4, 0.5) is 0 Å². The number of carbonyl (C=O) groups is 1. The van der Waals surface area contributed by atoms with E-state index in [-0.39, 0.29) is 22.3 Å². The molecule has 4 saturated carbocycles. The molecule has 6 heteroatoms. The second kappa shape index (κ2) is 6.86. The zero-order chi connectivity index (χ0) is 20.2. The fraction of sp³-hybridized carbons (Fsp3) is 0.565. The van der Waals surface area contributed by atoms with Gasteiger partial charge < -0.3 is 13.9 Å². The first-order valence-corrected chi connectivity index (χ1v) is 11.1. The van der Waals surface area contributed by atoms with Crippen LogP contribution in [0.5, 0.6) is 5.75 Å². The summed E-state index contributed by atoms with van der Waals surface area (Å²) >= 11 is 4.00. The minimum absolute atomic E-state index is 0.0790. The molecule has 2 aromatic rings. The van der Waals surface area contributed by atoms with Gasteiger partial charge in [-0.25, -0.2) is 4.79 Å². The summed E-state index contributed by atoms with van der Waals surface area (Å²) in [4.78, 5) is 24.7. The van der Waals surface area contributed by atoms with Gasteiger partial charge in [-0.3, -0.25) is 4.79 Å². The lowest BCUT2D eigenvalue weighted by Crippen LogP contribution is -2.53. The molecule has 2 atom stereocenters. The third kappa shape index (κ3) is 3.60. The van der Waals surface area contributed by atoms with Gasteiger partial charge in [-0.15, -0.1) is 0 Å². The van der Waals surface area contributed by atoms with Gasteiger partial charge in [0, 0.05) is 27.4 Å². The first kappa shape index (κ1) is 19.2. The molecule has 6 rings (SSSR count). The standard InChI is InChI=1S/C23H25BrO5/c1-27-17-2-3-18-16(5-20(25)29-19(18)6-17)12-28-21(26)11-22-7-14-4-15(8-22)10-23(24,9-14)13-22/h2-3,5-6,14-15H,4,7-13H2,1H3. The van der Waals surface area contributed by atoms with Crippen molar-refractivity contribution < 1.29 is 18.7 Å². The number of methoxy groups -OCH3 is 1. The Morgan fingerprint density at radius 2 is 1.97 bits per heavy atom. The van der Waals surface area contributed by atoms with Crippen LogP contribution in [0.1, 0.15) is 50.5 Å². The molecule has 0 radical (unpaired) electrons. The molecule has 4 aliphatic rings. The molecule has 4 aliphatic carbocycles. The monoisotopic (exact) mass is 460 g/mol. The Bertz CT molecular complexity index is 1010. The van der Waals surface area contributed by atoms with Crippen molar-refractivity contribution in [3.8, 4) is 5.75 Å². The average Bonchev–Trinajstić information content (AvgIpc) is 2.63. The molecule has 0 spiro atoms. The van der Waals surface area contributed by atoms with Gasteiger partial charge in [-0.2, -0.15) is 0 Å². The highest BCUT2D eigenvalue weighted by Crippen LogP contribution is 2.65. The van der Waals surface area contributed by atoms with E-state index < -0.39 is 5.63 Å². The molecule has 1 aromatic heterocycles. The Kier molecular flexibility index (Phi) is 4.53. The minimum Gasteiger partial charge on any atom is -0.497 e. The number of rotatable bonds is 5. The highest BCUT2D eigenvalue weighted by molar-refractivity contribution is 9.10. The van der Waals surface area contributed by atoms with Crippen molar-refractivity contribution in [3.63, 3.8) is 0 Å². The van der Waals surface area contributed by atoms with Gasteiger partial charge >= 0.3 is 11.6 Å². The van der Waals surface area contributed by atoms with Gasteiger partial charge in [0.1, 0.15) is 17.9 Å². The lowest BCUT2D eigenvalue weighted by Gasteiger charge is -2.60. The molecule has 4 fully saturated rings. The summed E-state index contributed by atoms with van der Waals surface area (Å²) in [5.41, 5.74) is 0.717. The molecular weight excluding hydrogens is 436 g/mol. The maximum atomic E-state index is 12.8. The summed E-state index contributed by atoms with van der Waals surface area (Å²) in [6.07, 6.45) is 7.64. The van der Waals surface area contributed by atoms with E-state index in [0.29, 0.717) is 23.3 Å². The number of alkyl halides is 1. The van der Waals surface area contributed by atoms with Crippen molar-refractivity contribution in [3.05, 3.63) is 40.2 Å². The number of halogens is 1. The van der Waals surface area contributed by atoms with Crippen LogP contribution >= 0.6 is 15.9 Å². The molecule has 0 aliphatic heterocycles. The van der Waals surface area contributed by atoms with Gasteiger partial charge in [0.2, 0.25) is 0 Å². The predicted molar refractivity (Wildman–Crippen MR) is 112 cm³/mol. The molecule has 0 N–H and O–H groups in total. The molecule has 5 nitrogen and oxygen atoms in total. The largest absolute Gasteiger partial charge is 0.497 e. The minimum atomic E-state index is -0.459. The van der Waals surface area contributed by atoms with Crippen LogP contribution in [0.3, 0.4) is 0 Å². The molecule has 1 heterocycles. The van der Waals surface area contributed by atoms with Crippen molar-refractivity contribution in [2.24, 2.45) is 17.3 Å². The highest BCUT2D eigenvalue weighted by Gasteiger charge is 2.57. The first-order chi connectivity index (χ1) is 13.9. The number of esters is 1. The molecular formula is C23H25BrO5. The van der Waals surface area contributed by atoms with Crippen molar-refractivity contribution in [2.75, 3.05) is 7.11 Å². The normalized spacial score (nSPS) is 32.5. The fourth-order valence-electron chi connectivity index (χ4n) is 6.51. The van der Waals surface area contributed by atoms with Crippen LogP contribution in [0, 0.1) is 17.3 Å². The lowest BCUT2D eigenvalue weighted by molar-refractivity contribution is -0.152. The second-order valence-electron chi connectivity index (χ2n) is 9.40. The van der Waals surface area contributed by atoms with Crippen LogP contribution in [0.15, 0.2) is 33.5 Å². The summed E-state index contributed by atoms with van der Waals surface area (Å²) in [6.45, 7) is 0.0790. The quantitative estimate of drug-likeness (QED) is 0.358. The summed E-state index contributed by atoms with van der Waals surface area (Å²) in [7, 11) is 1.56. The van der Waals surface area contributed by atoms with Gasteiger partial charge in [-0.1, -0.05) is 15.9 Å². The smallest absolute Gasteiger partial charge is 0.336 e. The summed E-state index contributed by atoms with van der Waals surface area (Å²) in [5.74, 6) is 1.92. The first-order valence-electron chi connectivity index (χ1n) is 10.3. The zero-order valence-corrected chi connectivity index (χ0v) is 18.1. The van der Waals surface area contributed by atoms with Crippen molar-refractivity contribution in [2.45, 2.75) is 55.9 Å². The van der Waals surface area contributed by atoms with E-state index in [0.717, 1.165) is 36.5 Å². The molecule has 0 saturated heterocycles. The fourth-order valence-corrected chi connectivity index (χ4v) is 8.03. The summed E-state index contributed by atoms with van der Waals surface area (Å²) in [5, 5.41) is 0.757. The van der Waals surface area contributed by atoms with Gasteiger partial charge in [0.05, 0.1) is 13.5 Å². The Morgan fingerprint density at radius 3 is 2.66 bits per heavy atom. The number of hydrogen-bond acceptors (Lipinski definition) is 5. The number of hydrogen-bond donors (Lipinski definition) is 0. The Morgan fingerprint density at radius 1 is 1.21 bits per heavy atom. The summed E-state index contributed by atoms with van der Waals surface area (Å²) < 4.78 is 16.3. The SMILES string of the molecule is COc1ccc2c(COC(=O)CC34CC5CC(CC(Br)(C5)C3)C4)cc(=O)oc2c1. The molecule has 29 heavy (non-hydrogen) atoms. The molecule has 0 amide bonds. The number of ether oxygens (including phenoxy) is 2. The van der Waals surface area contributed by atoms with Crippen LogP contribution in [-0.2, 0) is 16.1 Å². The maximum absolute atomic E-state index is 12.8. The van der Waals surface area contributed by atoms with Gasteiger partial charge in [0.15, 0.2) is 0 Å². The average molecular weight is 461 g/mol. The van der Waals surface area contributed by atoms with E-state index >= 15 is 0 Å². The number of fused-ring (bicyclic) bond motifs is 1. The van der Waals surface area contributed by atoms with Crippen LogP contribution in [0.2, 0.25) is 0 Å². The topological polar surface area (TPSA) is 65.7 Å². The lowest BCUT2D eigenvalue weighted by atomic mass is 9.49. The van der Waals surface area contributed by atoms with Crippen LogP contribution in [-0.4, -0.2) is 17.4 Å². The zero-order valence-electron chi connectivity index (χ0n) is 16.5. The Labute approximate surface area is 177 Å². The molecule has 1 aromatic carbocycles. The van der Waals surface area contributed by atoms with E-state index in [1.807, 2.05) is 6.07 Å². The van der Waals surface area contributed by atoms with Crippen molar-refractivity contribution in [1.29, 1.82) is 0 Å². The highest BCUT2D eigenvalue weighted by atomic mass is 79.9. The van der Waals surface area contributed by atoms with Gasteiger partial charge in [0.25, 0.3) is 0 Å². The van der Waals surface area contributed by atoms with Crippen molar-refractivity contribution in [1.82, 2.24) is 0 Å². The summed E-state index contributed by atoms with van der Waals surface area (Å²) in [6, 6.07) is 6.71. The third-order valence-electron chi connectivity index (χ3n) is 7.06. The van der Waals surface area contributed by atoms with E-state index in [2.05, 4.69) is 15.9 Å². The van der Waals surface area contributed by atoms with E-state index in [1.165, 1.54) is 25.3 Å². The molecule has 154 valence electrons. The van der Waals surface area contributed by atoms with Crippen molar-refractivity contribution >= 4 is 32.9 Å². The molecule has 4 bridgehead atoms. The second-order valence-corrected chi connectivity index (χ2v) is 11.1. The third-order valence-corrected chi connectivity index (χ3v) is 7.98.